The number of rotatable bonds is 1. The molecule has 1 aromatic carbocycles. The van der Waals surface area contributed by atoms with E-state index in [2.05, 4.69) is 14.8 Å². The van der Waals surface area contributed by atoms with Crippen LogP contribution in [0.1, 0.15) is 10.4 Å². The van der Waals surface area contributed by atoms with E-state index in [4.69, 9.17) is 5.11 Å². The molecule has 0 radical (unpaired) electrons. The normalized spacial score (nSPS) is 13.0. The fourth-order valence-corrected chi connectivity index (χ4v) is 0.865. The summed E-state index contributed by atoms with van der Waals surface area (Å²) in [4.78, 5) is 19.5. The van der Waals surface area contributed by atoms with Gasteiger partial charge in [-0.1, -0.05) is 0 Å². The zero-order valence-electron chi connectivity index (χ0n) is 5.81. The summed E-state index contributed by atoms with van der Waals surface area (Å²) in [6.45, 7) is 0. The third-order valence-electron chi connectivity index (χ3n) is 1.44. The first kappa shape index (κ1) is 6.93. The molecule has 0 saturated heterocycles. The molecule has 1 aliphatic heterocycles. The topological polar surface area (TPSA) is 65.0 Å². The van der Waals surface area contributed by atoms with Crippen molar-refractivity contribution in [3.8, 4) is 11.5 Å². The molecule has 0 aromatic heterocycles. The van der Waals surface area contributed by atoms with Gasteiger partial charge in [0.15, 0.2) is 0 Å². The maximum Gasteiger partial charge on any atom is 0.335 e. The molecule has 0 unspecified atom stereocenters. The van der Waals surface area contributed by atoms with Gasteiger partial charge in [-0.25, -0.2) is 4.79 Å². The zero-order chi connectivity index (χ0) is 8.55. The molecule has 0 atom stereocenters. The van der Waals surface area contributed by atoms with E-state index in [1.165, 1.54) is 18.2 Å². The average molecular weight is 168 g/mol. The second-order valence-corrected chi connectivity index (χ2v) is 2.20. The van der Waals surface area contributed by atoms with Crippen molar-refractivity contribution in [2.45, 2.75) is 0 Å². The fraction of sp³-hybridized carbons (Fsp3) is 0. The molecule has 0 spiro atoms. The third-order valence-corrected chi connectivity index (χ3v) is 1.44. The van der Waals surface area contributed by atoms with E-state index in [1.807, 2.05) is 0 Å². The van der Waals surface area contributed by atoms with Crippen molar-refractivity contribution in [2.24, 2.45) is 0 Å². The van der Waals surface area contributed by atoms with E-state index in [9.17, 15) is 4.79 Å². The minimum absolute atomic E-state index is 0.128. The molecule has 1 heterocycles. The van der Waals surface area contributed by atoms with Crippen LogP contribution in [0.25, 0.3) is 0 Å². The molecular formula is C7H4O5. The molecule has 0 bridgehead atoms. The molecule has 5 nitrogen and oxygen atoms in total. The van der Waals surface area contributed by atoms with Gasteiger partial charge in [0.1, 0.15) is 0 Å². The summed E-state index contributed by atoms with van der Waals surface area (Å²) < 4.78 is 0. The third kappa shape index (κ3) is 0.960. The van der Waals surface area contributed by atoms with E-state index in [0.717, 1.165) is 0 Å². The van der Waals surface area contributed by atoms with Gasteiger partial charge in [0, 0.05) is 11.1 Å². The molecule has 5 heteroatoms. The summed E-state index contributed by atoms with van der Waals surface area (Å²) in [6, 6.07) is 4.19. The summed E-state index contributed by atoms with van der Waals surface area (Å²) in [7, 11) is 0. The van der Waals surface area contributed by atoms with E-state index in [0.29, 0.717) is 5.75 Å². The van der Waals surface area contributed by atoms with Gasteiger partial charge in [0.05, 0.1) is 5.56 Å². The molecule has 2 rings (SSSR count). The standard InChI is InChI=1S/C7H4O5/c8-7(9)4-1-2-5-6(3-4)11-12-10-5/h1-3H,(H,8,9). The number of carboxylic acid groups (broad SMARTS) is 1. The van der Waals surface area contributed by atoms with E-state index >= 15 is 0 Å². The lowest BCUT2D eigenvalue weighted by Crippen LogP contribution is -1.94. The summed E-state index contributed by atoms with van der Waals surface area (Å²) >= 11 is 0. The lowest BCUT2D eigenvalue weighted by Gasteiger charge is -1.93. The Morgan fingerprint density at radius 3 is 2.75 bits per heavy atom. The van der Waals surface area contributed by atoms with Crippen LogP contribution in [0.15, 0.2) is 18.2 Å². The molecule has 0 saturated carbocycles. The van der Waals surface area contributed by atoms with Gasteiger partial charge in [-0.2, -0.15) is 0 Å². The number of carboxylic acids is 1. The smallest absolute Gasteiger partial charge is 0.335 e. The highest BCUT2D eigenvalue weighted by molar-refractivity contribution is 5.88. The molecule has 12 heavy (non-hydrogen) atoms. The van der Waals surface area contributed by atoms with Crippen molar-refractivity contribution in [1.82, 2.24) is 0 Å². The van der Waals surface area contributed by atoms with E-state index in [-0.39, 0.29) is 11.3 Å². The van der Waals surface area contributed by atoms with Gasteiger partial charge in [-0.3, -0.25) is 9.78 Å². The monoisotopic (exact) mass is 168 g/mol. The van der Waals surface area contributed by atoms with Crippen molar-refractivity contribution in [3.05, 3.63) is 23.8 Å². The predicted octanol–water partition coefficient (Wildman–Crippen LogP) is 1.00. The highest BCUT2D eigenvalue weighted by Gasteiger charge is 2.18. The number of hydrogen-bond donors (Lipinski definition) is 1. The predicted molar refractivity (Wildman–Crippen MR) is 35.7 cm³/mol. The minimum Gasteiger partial charge on any atom is -0.478 e. The van der Waals surface area contributed by atoms with Gasteiger partial charge in [-0.05, 0) is 12.1 Å². The average Bonchev–Trinajstić information content (AvgIpc) is 2.49. The van der Waals surface area contributed by atoms with Gasteiger partial charge < -0.3 is 5.11 Å². The molecule has 62 valence electrons. The number of benzene rings is 1. The van der Waals surface area contributed by atoms with Crippen LogP contribution in [-0.4, -0.2) is 11.1 Å². The van der Waals surface area contributed by atoms with Crippen LogP contribution < -0.4 is 9.78 Å². The van der Waals surface area contributed by atoms with Crippen molar-refractivity contribution >= 4 is 5.97 Å². The number of fused-ring (bicyclic) bond motifs is 1. The van der Waals surface area contributed by atoms with Crippen LogP contribution in [0.3, 0.4) is 0 Å². The molecule has 0 amide bonds. The molecule has 1 aromatic rings. The van der Waals surface area contributed by atoms with Gasteiger partial charge in [-0.15, -0.1) is 0 Å². The summed E-state index contributed by atoms with van der Waals surface area (Å²) in [6.07, 6.45) is 0. The van der Waals surface area contributed by atoms with Crippen molar-refractivity contribution < 1.29 is 24.7 Å². The highest BCUT2D eigenvalue weighted by atomic mass is 17.5. The molecule has 1 aliphatic rings. The highest BCUT2D eigenvalue weighted by Crippen LogP contribution is 2.32. The van der Waals surface area contributed by atoms with E-state index < -0.39 is 5.97 Å². The van der Waals surface area contributed by atoms with Crippen molar-refractivity contribution in [1.29, 1.82) is 0 Å². The quantitative estimate of drug-likeness (QED) is 0.633. The first-order valence-corrected chi connectivity index (χ1v) is 3.16. The second-order valence-electron chi connectivity index (χ2n) is 2.20. The summed E-state index contributed by atoms with van der Waals surface area (Å²) in [5, 5.41) is 12.7. The molecule has 0 fully saturated rings. The van der Waals surface area contributed by atoms with Crippen LogP contribution in [0.5, 0.6) is 11.5 Å². The Morgan fingerprint density at radius 2 is 2.00 bits per heavy atom. The lowest BCUT2D eigenvalue weighted by atomic mass is 10.2. The van der Waals surface area contributed by atoms with Crippen LogP contribution in [-0.2, 0) is 5.04 Å². The van der Waals surface area contributed by atoms with Crippen LogP contribution in [0.2, 0.25) is 0 Å². The lowest BCUT2D eigenvalue weighted by molar-refractivity contribution is -0.384. The second kappa shape index (κ2) is 2.38. The maximum atomic E-state index is 10.5. The Labute approximate surface area is 66.9 Å². The summed E-state index contributed by atoms with van der Waals surface area (Å²) in [5.41, 5.74) is 0.128. The maximum absolute atomic E-state index is 10.5. The number of aromatic carboxylic acids is 1. The van der Waals surface area contributed by atoms with Gasteiger partial charge in [0.2, 0.25) is 11.5 Å². The fourth-order valence-electron chi connectivity index (χ4n) is 0.865. The largest absolute Gasteiger partial charge is 0.478 e. The SMILES string of the molecule is O=C(O)c1ccc2c(c1)OOO2. The summed E-state index contributed by atoms with van der Waals surface area (Å²) in [5.74, 6) is -0.372. The van der Waals surface area contributed by atoms with Crippen LogP contribution in [0.4, 0.5) is 0 Å². The first-order chi connectivity index (χ1) is 5.77. The van der Waals surface area contributed by atoms with Crippen molar-refractivity contribution in [3.63, 3.8) is 0 Å². The molecule has 1 N–H and O–H groups in total. The first-order valence-electron chi connectivity index (χ1n) is 3.16. The number of hydrogen-bond acceptors (Lipinski definition) is 4. The van der Waals surface area contributed by atoms with E-state index in [1.54, 1.807) is 0 Å². The molecular weight excluding hydrogens is 164 g/mol. The Balaban J connectivity index is 2.45. The van der Waals surface area contributed by atoms with Gasteiger partial charge in [0.25, 0.3) is 0 Å². The Bertz CT molecular complexity index is 333. The minimum atomic E-state index is -1.02. The zero-order valence-corrected chi connectivity index (χ0v) is 5.81. The van der Waals surface area contributed by atoms with Crippen LogP contribution >= 0.6 is 0 Å². The van der Waals surface area contributed by atoms with Crippen molar-refractivity contribution in [2.75, 3.05) is 0 Å². The molecule has 0 aliphatic carbocycles. The Kier molecular flexibility index (Phi) is 1.38. The Morgan fingerprint density at radius 1 is 1.25 bits per heavy atom. The Hall–Kier alpha value is -1.75. The van der Waals surface area contributed by atoms with Crippen LogP contribution in [0, 0.1) is 0 Å². The number of carbonyl (C=O) groups is 1. The van der Waals surface area contributed by atoms with Gasteiger partial charge >= 0.3 is 5.97 Å².